The molecule has 1 nitrogen and oxygen atoms in total. The monoisotopic (exact) mass is 401 g/mol. The molecular weight excluding hydrogens is 382 g/mol. The summed E-state index contributed by atoms with van der Waals surface area (Å²) < 4.78 is 2.69. The molecule has 0 saturated carbocycles. The second-order valence-corrected chi connectivity index (χ2v) is 8.47. The van der Waals surface area contributed by atoms with Crippen LogP contribution in [0.1, 0.15) is 0 Å². The third kappa shape index (κ3) is 2.69. The number of rotatable bonds is 3. The van der Waals surface area contributed by atoms with Gasteiger partial charge in [-0.2, -0.15) is 0 Å². The van der Waals surface area contributed by atoms with Crippen molar-refractivity contribution in [1.82, 2.24) is 0 Å². The van der Waals surface area contributed by atoms with E-state index in [2.05, 4.69) is 120 Å². The van der Waals surface area contributed by atoms with Gasteiger partial charge in [-0.1, -0.05) is 78.9 Å². The van der Waals surface area contributed by atoms with E-state index in [-0.39, 0.29) is 0 Å². The number of benzene rings is 5. The van der Waals surface area contributed by atoms with Crippen LogP contribution in [0.4, 0.5) is 17.1 Å². The van der Waals surface area contributed by atoms with E-state index in [1.807, 2.05) is 11.3 Å². The van der Waals surface area contributed by atoms with Gasteiger partial charge in [0.15, 0.2) is 0 Å². The number of anilines is 3. The van der Waals surface area contributed by atoms with Gasteiger partial charge in [-0.05, 0) is 36.4 Å². The molecule has 0 saturated heterocycles. The van der Waals surface area contributed by atoms with Crippen molar-refractivity contribution in [3.8, 4) is 0 Å². The Balaban J connectivity index is 1.75. The molecule has 0 aliphatic heterocycles. The van der Waals surface area contributed by atoms with Crippen LogP contribution in [0.2, 0.25) is 0 Å². The fraction of sp³-hybridized carbons (Fsp3) is 0. The highest BCUT2D eigenvalue weighted by atomic mass is 32.1. The first kappa shape index (κ1) is 17.3. The second kappa shape index (κ2) is 7.01. The van der Waals surface area contributed by atoms with Gasteiger partial charge in [0.1, 0.15) is 0 Å². The summed E-state index contributed by atoms with van der Waals surface area (Å²) in [7, 11) is 0. The lowest BCUT2D eigenvalue weighted by molar-refractivity contribution is 1.30. The van der Waals surface area contributed by atoms with Crippen molar-refractivity contribution in [2.45, 2.75) is 0 Å². The lowest BCUT2D eigenvalue weighted by atomic mass is 10.0. The number of nitrogens with zero attached hydrogens (tertiary/aromatic N) is 1. The van der Waals surface area contributed by atoms with Gasteiger partial charge in [0.05, 0.1) is 5.69 Å². The standard InChI is InChI=1S/C28H19NS/c1-3-11-20(12-4-1)29(21-13-5-2-6-14-21)26-19-25-23-16-9-10-18-27(23)30-28(25)24-17-8-7-15-22(24)26/h1-19H. The van der Waals surface area contributed by atoms with E-state index >= 15 is 0 Å². The molecule has 0 amide bonds. The summed E-state index contributed by atoms with van der Waals surface area (Å²) in [4.78, 5) is 2.37. The van der Waals surface area contributed by atoms with Gasteiger partial charge in [0.25, 0.3) is 0 Å². The minimum atomic E-state index is 1.16. The lowest BCUT2D eigenvalue weighted by Crippen LogP contribution is -2.10. The minimum Gasteiger partial charge on any atom is -0.310 e. The highest BCUT2D eigenvalue weighted by Gasteiger charge is 2.18. The van der Waals surface area contributed by atoms with Crippen LogP contribution in [0, 0.1) is 0 Å². The maximum atomic E-state index is 2.37. The van der Waals surface area contributed by atoms with E-state index in [1.54, 1.807) is 0 Å². The molecule has 0 aliphatic carbocycles. The lowest BCUT2D eigenvalue weighted by Gasteiger charge is -2.27. The first-order valence-corrected chi connectivity index (χ1v) is 10.9. The molecule has 0 radical (unpaired) electrons. The fourth-order valence-corrected chi connectivity index (χ4v) is 5.52. The third-order valence-electron chi connectivity index (χ3n) is 5.63. The molecule has 0 aliphatic rings. The molecule has 2 heteroatoms. The zero-order chi connectivity index (χ0) is 19.9. The maximum Gasteiger partial charge on any atom is 0.0547 e. The molecule has 0 unspecified atom stereocenters. The molecule has 0 atom stereocenters. The van der Waals surface area contributed by atoms with Crippen LogP contribution in [0.15, 0.2) is 115 Å². The van der Waals surface area contributed by atoms with E-state index in [0.29, 0.717) is 0 Å². The molecule has 30 heavy (non-hydrogen) atoms. The van der Waals surface area contributed by atoms with Gasteiger partial charge in [-0.15, -0.1) is 11.3 Å². The molecule has 6 aromatic rings. The van der Waals surface area contributed by atoms with Crippen molar-refractivity contribution >= 4 is 59.3 Å². The summed E-state index contributed by atoms with van der Waals surface area (Å²) in [6.45, 7) is 0. The Hall–Kier alpha value is -3.62. The second-order valence-electron chi connectivity index (χ2n) is 7.42. The third-order valence-corrected chi connectivity index (χ3v) is 6.85. The predicted octanol–water partition coefficient (Wildman–Crippen LogP) is 8.68. The Labute approximate surface area is 179 Å². The Morgan fingerprint density at radius 2 is 1.00 bits per heavy atom. The highest BCUT2D eigenvalue weighted by Crippen LogP contribution is 2.45. The molecule has 1 heterocycles. The molecule has 5 aromatic carbocycles. The number of hydrogen-bond donors (Lipinski definition) is 0. The zero-order valence-electron chi connectivity index (χ0n) is 16.3. The number of fused-ring (bicyclic) bond motifs is 5. The summed E-state index contributed by atoms with van der Waals surface area (Å²) in [6.07, 6.45) is 0. The van der Waals surface area contributed by atoms with Crippen molar-refractivity contribution in [1.29, 1.82) is 0 Å². The van der Waals surface area contributed by atoms with Crippen LogP contribution in [0.25, 0.3) is 30.9 Å². The van der Waals surface area contributed by atoms with E-state index < -0.39 is 0 Å². The molecule has 1 aromatic heterocycles. The van der Waals surface area contributed by atoms with Crippen molar-refractivity contribution in [3.05, 3.63) is 115 Å². The van der Waals surface area contributed by atoms with Crippen LogP contribution in [0.3, 0.4) is 0 Å². The molecular formula is C28H19NS. The van der Waals surface area contributed by atoms with E-state index in [4.69, 9.17) is 0 Å². The Morgan fingerprint density at radius 3 is 1.67 bits per heavy atom. The van der Waals surface area contributed by atoms with E-state index in [0.717, 1.165) is 11.4 Å². The first-order valence-electron chi connectivity index (χ1n) is 10.1. The average Bonchev–Trinajstić information content (AvgIpc) is 3.20. The molecule has 6 rings (SSSR count). The van der Waals surface area contributed by atoms with Crippen molar-refractivity contribution < 1.29 is 0 Å². The van der Waals surface area contributed by atoms with Crippen LogP contribution < -0.4 is 4.90 Å². The molecule has 0 N–H and O–H groups in total. The molecule has 0 fully saturated rings. The number of thiophene rings is 1. The largest absolute Gasteiger partial charge is 0.310 e. The maximum absolute atomic E-state index is 2.37. The van der Waals surface area contributed by atoms with Gasteiger partial charge < -0.3 is 4.90 Å². The number of hydrogen-bond acceptors (Lipinski definition) is 2. The Morgan fingerprint density at radius 1 is 0.467 bits per heavy atom. The van der Waals surface area contributed by atoms with Gasteiger partial charge in [-0.25, -0.2) is 0 Å². The smallest absolute Gasteiger partial charge is 0.0547 e. The Bertz CT molecular complexity index is 1440. The van der Waals surface area contributed by atoms with Gasteiger partial charge in [0, 0.05) is 42.3 Å². The van der Waals surface area contributed by atoms with Crippen LogP contribution in [-0.4, -0.2) is 0 Å². The van der Waals surface area contributed by atoms with Crippen LogP contribution in [-0.2, 0) is 0 Å². The van der Waals surface area contributed by atoms with Gasteiger partial charge >= 0.3 is 0 Å². The van der Waals surface area contributed by atoms with Crippen molar-refractivity contribution in [2.24, 2.45) is 0 Å². The summed E-state index contributed by atoms with van der Waals surface area (Å²) in [5.41, 5.74) is 3.53. The Kier molecular flexibility index (Phi) is 4.03. The predicted molar refractivity (Wildman–Crippen MR) is 132 cm³/mol. The quantitative estimate of drug-likeness (QED) is 0.287. The fourth-order valence-electron chi connectivity index (χ4n) is 4.29. The van der Waals surface area contributed by atoms with E-state index in [9.17, 15) is 0 Å². The summed E-state index contributed by atoms with van der Waals surface area (Å²) >= 11 is 1.88. The van der Waals surface area contributed by atoms with E-state index in [1.165, 1.54) is 36.6 Å². The van der Waals surface area contributed by atoms with Gasteiger partial charge in [0.2, 0.25) is 0 Å². The zero-order valence-corrected chi connectivity index (χ0v) is 17.1. The number of para-hydroxylation sites is 2. The normalized spacial score (nSPS) is 11.3. The summed E-state index contributed by atoms with van der Waals surface area (Å²) in [6, 6.07) is 41.1. The first-order chi connectivity index (χ1) is 14.9. The molecule has 142 valence electrons. The van der Waals surface area contributed by atoms with Crippen LogP contribution in [0.5, 0.6) is 0 Å². The summed E-state index contributed by atoms with van der Waals surface area (Å²) in [5, 5.41) is 5.22. The highest BCUT2D eigenvalue weighted by molar-refractivity contribution is 7.26. The molecule has 0 bridgehead atoms. The van der Waals surface area contributed by atoms with Crippen molar-refractivity contribution in [2.75, 3.05) is 4.90 Å². The van der Waals surface area contributed by atoms with Gasteiger partial charge in [-0.3, -0.25) is 0 Å². The summed E-state index contributed by atoms with van der Waals surface area (Å²) in [5.74, 6) is 0. The van der Waals surface area contributed by atoms with Crippen molar-refractivity contribution in [3.63, 3.8) is 0 Å². The molecule has 0 spiro atoms. The topological polar surface area (TPSA) is 3.24 Å². The van der Waals surface area contributed by atoms with Crippen LogP contribution >= 0.6 is 11.3 Å². The average molecular weight is 402 g/mol. The SMILES string of the molecule is c1ccc(N(c2ccccc2)c2cc3c4ccccc4sc3c3ccccc23)cc1. The minimum absolute atomic E-state index is 1.16.